The van der Waals surface area contributed by atoms with Gasteiger partial charge in [0, 0.05) is 23.8 Å². The number of Topliss-reactive ketones (excluding diaryl/α,β-unsaturated/α-hetero) is 1. The molecule has 0 spiro atoms. The zero-order chi connectivity index (χ0) is 10.6. The van der Waals surface area contributed by atoms with Crippen LogP contribution >= 0.6 is 23.2 Å². The van der Waals surface area contributed by atoms with Gasteiger partial charge in [-0.15, -0.1) is 23.2 Å². The Labute approximate surface area is 98.4 Å². The van der Waals surface area contributed by atoms with Crippen LogP contribution < -0.4 is 0 Å². The minimum atomic E-state index is -0.642. The number of hydrogen-bond donors (Lipinski definition) is 0. The summed E-state index contributed by atoms with van der Waals surface area (Å²) in [7, 11) is 0. The van der Waals surface area contributed by atoms with Crippen LogP contribution in [0.2, 0.25) is 0 Å². The Morgan fingerprint density at radius 3 is 2.80 bits per heavy atom. The zero-order valence-electron chi connectivity index (χ0n) is 8.04. The van der Waals surface area contributed by atoms with Crippen LogP contribution in [0.25, 0.3) is 0 Å². The van der Waals surface area contributed by atoms with E-state index in [2.05, 4.69) is 0 Å². The number of alkyl halides is 2. The second-order valence-corrected chi connectivity index (χ2v) is 5.75. The first-order valence-corrected chi connectivity index (χ1v) is 5.88. The zero-order valence-corrected chi connectivity index (χ0v) is 9.55. The van der Waals surface area contributed by atoms with E-state index in [-0.39, 0.29) is 17.6 Å². The fourth-order valence-corrected chi connectivity index (χ4v) is 3.50. The highest BCUT2D eigenvalue weighted by Gasteiger charge is 2.64. The smallest absolute Gasteiger partial charge is 0.163 e. The van der Waals surface area contributed by atoms with Crippen molar-refractivity contribution in [3.05, 3.63) is 35.4 Å². The van der Waals surface area contributed by atoms with Gasteiger partial charge in [0.05, 0.1) is 0 Å². The van der Waals surface area contributed by atoms with Crippen molar-refractivity contribution < 1.29 is 4.79 Å². The van der Waals surface area contributed by atoms with Crippen LogP contribution in [-0.2, 0) is 0 Å². The van der Waals surface area contributed by atoms with Crippen LogP contribution in [0.1, 0.15) is 34.7 Å². The number of benzene rings is 1. The van der Waals surface area contributed by atoms with Gasteiger partial charge in [0.25, 0.3) is 0 Å². The van der Waals surface area contributed by atoms with E-state index in [1.165, 1.54) is 0 Å². The second-order valence-electron chi connectivity index (χ2n) is 4.31. The number of carbonyl (C=O) groups is 1. The van der Waals surface area contributed by atoms with Gasteiger partial charge in [0.2, 0.25) is 0 Å². The summed E-state index contributed by atoms with van der Waals surface area (Å²) in [5, 5.41) is 0. The van der Waals surface area contributed by atoms with Crippen LogP contribution in [0.3, 0.4) is 0 Å². The number of carbonyl (C=O) groups excluding carboxylic acids is 1. The highest BCUT2D eigenvalue weighted by molar-refractivity contribution is 6.52. The van der Waals surface area contributed by atoms with Gasteiger partial charge in [-0.1, -0.05) is 24.3 Å². The summed E-state index contributed by atoms with van der Waals surface area (Å²) in [6.07, 6.45) is 1.38. The number of hydrogen-bond acceptors (Lipinski definition) is 1. The molecule has 0 amide bonds. The van der Waals surface area contributed by atoms with Crippen molar-refractivity contribution in [3.8, 4) is 0 Å². The third-order valence-corrected chi connectivity index (χ3v) is 4.51. The highest BCUT2D eigenvalue weighted by Crippen LogP contribution is 2.68. The minimum absolute atomic E-state index is 0.156. The minimum Gasteiger partial charge on any atom is -0.294 e. The summed E-state index contributed by atoms with van der Waals surface area (Å²) >= 11 is 12.4. The Morgan fingerprint density at radius 2 is 2.00 bits per heavy atom. The Kier molecular flexibility index (Phi) is 1.93. The molecular weight excluding hydrogens is 231 g/mol. The molecular formula is C12H10Cl2O. The summed E-state index contributed by atoms with van der Waals surface area (Å²) in [6, 6.07) is 7.69. The SMILES string of the molecule is O=C1CC[C@@H]2[C@H](c3ccccc31)C2(Cl)Cl. The first kappa shape index (κ1) is 9.68. The predicted octanol–water partition coefficient (Wildman–Crippen LogP) is 3.55. The van der Waals surface area contributed by atoms with Crippen LogP contribution in [0.15, 0.2) is 24.3 Å². The van der Waals surface area contributed by atoms with Crippen LogP contribution in [-0.4, -0.2) is 10.1 Å². The molecule has 2 aliphatic carbocycles. The molecule has 0 radical (unpaired) electrons. The number of fused-ring (bicyclic) bond motifs is 3. The van der Waals surface area contributed by atoms with E-state index in [1.807, 2.05) is 24.3 Å². The van der Waals surface area contributed by atoms with Gasteiger partial charge < -0.3 is 0 Å². The number of ketones is 1. The fraction of sp³-hybridized carbons (Fsp3) is 0.417. The summed E-state index contributed by atoms with van der Waals surface area (Å²) < 4.78 is -0.642. The molecule has 1 aromatic rings. The van der Waals surface area contributed by atoms with Crippen LogP contribution in [0.5, 0.6) is 0 Å². The van der Waals surface area contributed by atoms with Gasteiger partial charge in [-0.2, -0.15) is 0 Å². The van der Waals surface area contributed by atoms with Crippen molar-refractivity contribution in [2.45, 2.75) is 23.1 Å². The molecule has 0 bridgehead atoms. The molecule has 0 saturated heterocycles. The molecule has 3 heteroatoms. The summed E-state index contributed by atoms with van der Waals surface area (Å²) in [4.78, 5) is 11.8. The maximum Gasteiger partial charge on any atom is 0.163 e. The molecule has 78 valence electrons. The molecule has 0 unspecified atom stereocenters. The van der Waals surface area contributed by atoms with Crippen molar-refractivity contribution in [3.63, 3.8) is 0 Å². The van der Waals surface area contributed by atoms with E-state index in [4.69, 9.17) is 23.2 Å². The standard InChI is InChI=1S/C12H10Cl2O/c13-12(14)9-5-6-10(15)7-3-1-2-4-8(7)11(9)12/h1-4,9,11H,5-6H2/t9-,11+/m1/s1. The average molecular weight is 241 g/mol. The van der Waals surface area contributed by atoms with E-state index in [9.17, 15) is 4.79 Å². The first-order chi connectivity index (χ1) is 7.12. The third kappa shape index (κ3) is 1.26. The topological polar surface area (TPSA) is 17.1 Å². The Balaban J connectivity index is 2.14. The molecule has 1 saturated carbocycles. The summed E-state index contributed by atoms with van der Waals surface area (Å²) in [5.41, 5.74) is 1.85. The van der Waals surface area contributed by atoms with Gasteiger partial charge >= 0.3 is 0 Å². The number of halogens is 2. The normalized spacial score (nSPS) is 31.5. The lowest BCUT2D eigenvalue weighted by atomic mass is 10.0. The lowest BCUT2D eigenvalue weighted by Crippen LogP contribution is -2.05. The Morgan fingerprint density at radius 1 is 1.27 bits per heavy atom. The van der Waals surface area contributed by atoms with Crippen LogP contribution in [0.4, 0.5) is 0 Å². The molecule has 3 rings (SSSR count). The van der Waals surface area contributed by atoms with E-state index >= 15 is 0 Å². The van der Waals surface area contributed by atoms with Crippen molar-refractivity contribution in [2.24, 2.45) is 5.92 Å². The highest BCUT2D eigenvalue weighted by atomic mass is 35.5. The molecule has 0 aliphatic heterocycles. The van der Waals surface area contributed by atoms with Crippen molar-refractivity contribution in [1.29, 1.82) is 0 Å². The third-order valence-electron chi connectivity index (χ3n) is 3.48. The lowest BCUT2D eigenvalue weighted by molar-refractivity contribution is 0.0979. The summed E-state index contributed by atoms with van der Waals surface area (Å²) in [5.74, 6) is 0.638. The molecule has 1 fully saturated rings. The average Bonchev–Trinajstić information content (AvgIpc) is 2.81. The van der Waals surface area contributed by atoms with Gasteiger partial charge in [-0.3, -0.25) is 4.79 Å². The van der Waals surface area contributed by atoms with Crippen LogP contribution in [0, 0.1) is 5.92 Å². The quantitative estimate of drug-likeness (QED) is 0.635. The second kappa shape index (κ2) is 2.99. The van der Waals surface area contributed by atoms with E-state index in [0.29, 0.717) is 6.42 Å². The van der Waals surface area contributed by atoms with Crippen molar-refractivity contribution in [1.82, 2.24) is 0 Å². The maximum atomic E-state index is 11.8. The van der Waals surface area contributed by atoms with E-state index < -0.39 is 4.33 Å². The van der Waals surface area contributed by atoms with E-state index in [1.54, 1.807) is 0 Å². The van der Waals surface area contributed by atoms with Crippen molar-refractivity contribution in [2.75, 3.05) is 0 Å². The Hall–Kier alpha value is -0.530. The maximum absolute atomic E-state index is 11.8. The molecule has 0 aromatic heterocycles. The largest absolute Gasteiger partial charge is 0.294 e. The monoisotopic (exact) mass is 240 g/mol. The van der Waals surface area contributed by atoms with Gasteiger partial charge in [-0.05, 0) is 12.0 Å². The predicted molar refractivity (Wildman–Crippen MR) is 60.7 cm³/mol. The Bertz CT molecular complexity index is 439. The molecule has 1 aromatic carbocycles. The molecule has 2 atom stereocenters. The van der Waals surface area contributed by atoms with Gasteiger partial charge in [-0.25, -0.2) is 0 Å². The number of rotatable bonds is 0. The fourth-order valence-electron chi connectivity index (χ4n) is 2.62. The molecule has 0 N–H and O–H groups in total. The van der Waals surface area contributed by atoms with Gasteiger partial charge in [0.1, 0.15) is 4.33 Å². The summed E-state index contributed by atoms with van der Waals surface area (Å²) in [6.45, 7) is 0. The lowest BCUT2D eigenvalue weighted by Gasteiger charge is -2.07. The van der Waals surface area contributed by atoms with E-state index in [0.717, 1.165) is 17.5 Å². The first-order valence-electron chi connectivity index (χ1n) is 5.12. The molecule has 2 aliphatic rings. The van der Waals surface area contributed by atoms with Gasteiger partial charge in [0.15, 0.2) is 5.78 Å². The molecule has 15 heavy (non-hydrogen) atoms. The molecule has 0 heterocycles. The molecule has 1 nitrogen and oxygen atoms in total. The van der Waals surface area contributed by atoms with Crippen molar-refractivity contribution >= 4 is 29.0 Å².